The third-order valence-corrected chi connectivity index (χ3v) is 4.28. The van der Waals surface area contributed by atoms with Crippen LogP contribution in [-0.4, -0.2) is 37.7 Å². The maximum absolute atomic E-state index is 5.95. The number of ether oxygens (including phenoxy) is 1. The zero-order chi connectivity index (χ0) is 10.7. The van der Waals surface area contributed by atoms with Crippen LogP contribution in [0.1, 0.15) is 11.8 Å². The fraction of sp³-hybridized carbons (Fsp3) is 0.636. The maximum Gasteiger partial charge on any atom is 0.0650 e. The highest BCUT2D eigenvalue weighted by Crippen LogP contribution is 2.31. The van der Waals surface area contributed by atoms with Gasteiger partial charge in [0.2, 0.25) is 0 Å². The Bertz CT molecular complexity index is 296. The van der Waals surface area contributed by atoms with E-state index in [4.69, 9.17) is 10.5 Å². The van der Waals surface area contributed by atoms with E-state index < -0.39 is 0 Å². The van der Waals surface area contributed by atoms with Gasteiger partial charge < -0.3 is 10.5 Å². The van der Waals surface area contributed by atoms with Gasteiger partial charge in [0.25, 0.3) is 0 Å². The number of hydrogen-bond acceptors (Lipinski definition) is 4. The Kier molecular flexibility index (Phi) is 3.41. The van der Waals surface area contributed by atoms with Crippen molar-refractivity contribution in [3.05, 3.63) is 22.4 Å². The van der Waals surface area contributed by atoms with Gasteiger partial charge in [0, 0.05) is 24.5 Å². The van der Waals surface area contributed by atoms with Gasteiger partial charge in [-0.15, -0.1) is 11.3 Å². The standard InChI is InChI=1S/C11H18N2OS/c1-11(9-12,10-3-2-8-15-10)13-4-6-14-7-5-13/h2-3,8H,4-7,9,12H2,1H3. The molecule has 0 amide bonds. The molecule has 1 fully saturated rings. The molecule has 15 heavy (non-hydrogen) atoms. The van der Waals surface area contributed by atoms with Gasteiger partial charge in [-0.05, 0) is 18.4 Å². The first-order valence-electron chi connectivity index (χ1n) is 5.34. The molecule has 0 aromatic carbocycles. The highest BCUT2D eigenvalue weighted by molar-refractivity contribution is 7.10. The van der Waals surface area contributed by atoms with Crippen LogP contribution >= 0.6 is 11.3 Å². The van der Waals surface area contributed by atoms with Crippen molar-refractivity contribution in [3.8, 4) is 0 Å². The van der Waals surface area contributed by atoms with Crippen LogP contribution in [0.2, 0.25) is 0 Å². The second-order valence-corrected chi connectivity index (χ2v) is 5.00. The molecule has 4 heteroatoms. The van der Waals surface area contributed by atoms with Crippen molar-refractivity contribution < 1.29 is 4.74 Å². The lowest BCUT2D eigenvalue weighted by molar-refractivity contribution is -0.0140. The van der Waals surface area contributed by atoms with Crippen molar-refractivity contribution in [2.24, 2.45) is 5.73 Å². The Morgan fingerprint density at radius 1 is 1.53 bits per heavy atom. The minimum Gasteiger partial charge on any atom is -0.379 e. The molecule has 1 aromatic heterocycles. The Labute approximate surface area is 94.8 Å². The Morgan fingerprint density at radius 2 is 2.27 bits per heavy atom. The number of nitrogens with zero attached hydrogens (tertiary/aromatic N) is 1. The molecular weight excluding hydrogens is 208 g/mol. The largest absolute Gasteiger partial charge is 0.379 e. The molecule has 1 aliphatic heterocycles. The molecule has 0 aliphatic carbocycles. The molecule has 0 saturated carbocycles. The zero-order valence-corrected chi connectivity index (χ0v) is 9.93. The van der Waals surface area contributed by atoms with Crippen LogP contribution < -0.4 is 5.73 Å². The molecule has 0 bridgehead atoms. The molecular formula is C11H18N2OS. The van der Waals surface area contributed by atoms with Crippen LogP contribution in [0.5, 0.6) is 0 Å². The SMILES string of the molecule is CC(CN)(c1cccs1)N1CCOCC1. The van der Waals surface area contributed by atoms with Gasteiger partial charge in [0.15, 0.2) is 0 Å². The number of nitrogens with two attached hydrogens (primary N) is 1. The molecule has 0 radical (unpaired) electrons. The van der Waals surface area contributed by atoms with E-state index in [9.17, 15) is 0 Å². The molecule has 84 valence electrons. The molecule has 1 saturated heterocycles. The number of thiophene rings is 1. The molecule has 3 nitrogen and oxygen atoms in total. The van der Waals surface area contributed by atoms with Crippen molar-refractivity contribution in [3.63, 3.8) is 0 Å². The van der Waals surface area contributed by atoms with E-state index in [1.807, 2.05) is 0 Å². The first kappa shape index (κ1) is 11.1. The summed E-state index contributed by atoms with van der Waals surface area (Å²) in [5.41, 5.74) is 5.94. The van der Waals surface area contributed by atoms with Gasteiger partial charge >= 0.3 is 0 Å². The van der Waals surface area contributed by atoms with E-state index in [1.165, 1.54) is 4.88 Å². The Hall–Kier alpha value is -0.420. The minimum absolute atomic E-state index is 0.0159. The van der Waals surface area contributed by atoms with Crippen molar-refractivity contribution in [2.75, 3.05) is 32.8 Å². The van der Waals surface area contributed by atoms with E-state index in [2.05, 4.69) is 29.3 Å². The monoisotopic (exact) mass is 226 g/mol. The third-order valence-electron chi connectivity index (χ3n) is 3.16. The van der Waals surface area contributed by atoms with E-state index in [0.717, 1.165) is 26.3 Å². The highest BCUT2D eigenvalue weighted by Gasteiger charge is 2.34. The highest BCUT2D eigenvalue weighted by atomic mass is 32.1. The summed E-state index contributed by atoms with van der Waals surface area (Å²) in [7, 11) is 0. The second-order valence-electron chi connectivity index (χ2n) is 4.05. The molecule has 1 atom stereocenters. The van der Waals surface area contributed by atoms with E-state index >= 15 is 0 Å². The van der Waals surface area contributed by atoms with Gasteiger partial charge in [-0.1, -0.05) is 6.07 Å². The minimum atomic E-state index is -0.0159. The summed E-state index contributed by atoms with van der Waals surface area (Å²) in [6.07, 6.45) is 0. The van der Waals surface area contributed by atoms with Crippen molar-refractivity contribution in [1.82, 2.24) is 4.90 Å². The van der Waals surface area contributed by atoms with Crippen molar-refractivity contribution in [1.29, 1.82) is 0 Å². The number of morpholine rings is 1. The summed E-state index contributed by atoms with van der Waals surface area (Å²) >= 11 is 1.79. The molecule has 1 unspecified atom stereocenters. The maximum atomic E-state index is 5.95. The van der Waals surface area contributed by atoms with Crippen LogP contribution in [0, 0.1) is 0 Å². The Morgan fingerprint density at radius 3 is 2.80 bits per heavy atom. The zero-order valence-electron chi connectivity index (χ0n) is 9.11. The summed E-state index contributed by atoms with van der Waals surface area (Å²) in [4.78, 5) is 3.79. The molecule has 0 spiro atoms. The molecule has 2 rings (SSSR count). The summed E-state index contributed by atoms with van der Waals surface area (Å²) in [6.45, 7) is 6.48. The van der Waals surface area contributed by atoms with Crippen molar-refractivity contribution in [2.45, 2.75) is 12.5 Å². The molecule has 2 N–H and O–H groups in total. The lowest BCUT2D eigenvalue weighted by Gasteiger charge is -2.42. The predicted octanol–water partition coefficient (Wildman–Crippen LogP) is 1.25. The third kappa shape index (κ3) is 2.08. The lowest BCUT2D eigenvalue weighted by Crippen LogP contribution is -2.53. The smallest absolute Gasteiger partial charge is 0.0650 e. The van der Waals surface area contributed by atoms with Gasteiger partial charge in [-0.2, -0.15) is 0 Å². The van der Waals surface area contributed by atoms with E-state index in [-0.39, 0.29) is 5.54 Å². The van der Waals surface area contributed by atoms with Gasteiger partial charge in [-0.3, -0.25) is 4.90 Å². The van der Waals surface area contributed by atoms with Crippen LogP contribution in [0.4, 0.5) is 0 Å². The first-order chi connectivity index (χ1) is 7.27. The predicted molar refractivity (Wildman–Crippen MR) is 63.1 cm³/mol. The fourth-order valence-electron chi connectivity index (χ4n) is 2.03. The number of rotatable bonds is 3. The van der Waals surface area contributed by atoms with Crippen LogP contribution in [-0.2, 0) is 10.3 Å². The average Bonchev–Trinajstić information content (AvgIpc) is 2.83. The normalized spacial score (nSPS) is 22.5. The summed E-state index contributed by atoms with van der Waals surface area (Å²) < 4.78 is 5.38. The fourth-order valence-corrected chi connectivity index (χ4v) is 2.95. The van der Waals surface area contributed by atoms with Gasteiger partial charge in [-0.25, -0.2) is 0 Å². The summed E-state index contributed by atoms with van der Waals surface area (Å²) in [5.74, 6) is 0. The topological polar surface area (TPSA) is 38.5 Å². The Balaban J connectivity index is 2.20. The number of hydrogen-bond donors (Lipinski definition) is 1. The van der Waals surface area contributed by atoms with Crippen LogP contribution in [0.25, 0.3) is 0 Å². The molecule has 2 heterocycles. The van der Waals surface area contributed by atoms with E-state index in [0.29, 0.717) is 6.54 Å². The second kappa shape index (κ2) is 4.61. The first-order valence-corrected chi connectivity index (χ1v) is 6.22. The van der Waals surface area contributed by atoms with Crippen LogP contribution in [0.3, 0.4) is 0 Å². The van der Waals surface area contributed by atoms with Gasteiger partial charge in [0.05, 0.1) is 18.8 Å². The van der Waals surface area contributed by atoms with E-state index in [1.54, 1.807) is 11.3 Å². The quantitative estimate of drug-likeness (QED) is 0.843. The van der Waals surface area contributed by atoms with Crippen LogP contribution in [0.15, 0.2) is 17.5 Å². The lowest BCUT2D eigenvalue weighted by atomic mass is 9.97. The molecule has 1 aromatic rings. The van der Waals surface area contributed by atoms with Crippen molar-refractivity contribution >= 4 is 11.3 Å². The average molecular weight is 226 g/mol. The van der Waals surface area contributed by atoms with Gasteiger partial charge in [0.1, 0.15) is 0 Å². The molecule has 1 aliphatic rings. The summed E-state index contributed by atoms with van der Waals surface area (Å²) in [6, 6.07) is 4.27. The summed E-state index contributed by atoms with van der Waals surface area (Å²) in [5, 5.41) is 2.11.